The van der Waals surface area contributed by atoms with Crippen molar-refractivity contribution in [3.8, 4) is 0 Å². The van der Waals surface area contributed by atoms with Crippen LogP contribution in [0.1, 0.15) is 56.6 Å². The highest BCUT2D eigenvalue weighted by atomic mass is 32.2. The maximum atomic E-state index is 13.3. The number of sulfone groups is 1. The smallest absolute Gasteiger partial charge is 0.259 e. The SMILES string of the molecule is O=C(Nc1ncc(F)s1)C(OC1CCCCC1)c1ccc(S(=O)(=O)C2CCOCC2)cc1. The van der Waals surface area contributed by atoms with Crippen LogP contribution in [-0.2, 0) is 24.1 Å². The van der Waals surface area contributed by atoms with E-state index in [1.165, 1.54) is 12.1 Å². The summed E-state index contributed by atoms with van der Waals surface area (Å²) in [6.45, 7) is 0.883. The molecule has 1 aromatic carbocycles. The topological polar surface area (TPSA) is 94.6 Å². The van der Waals surface area contributed by atoms with Crippen molar-refractivity contribution in [3.63, 3.8) is 0 Å². The lowest BCUT2D eigenvalue weighted by atomic mass is 9.97. The Morgan fingerprint density at radius 2 is 1.81 bits per heavy atom. The van der Waals surface area contributed by atoms with Crippen molar-refractivity contribution in [2.24, 2.45) is 0 Å². The van der Waals surface area contributed by atoms with Crippen LogP contribution < -0.4 is 5.32 Å². The molecule has 1 saturated heterocycles. The summed E-state index contributed by atoms with van der Waals surface area (Å²) in [6.07, 6.45) is 5.97. The van der Waals surface area contributed by atoms with Gasteiger partial charge in [-0.15, -0.1) is 0 Å². The van der Waals surface area contributed by atoms with Gasteiger partial charge in [-0.1, -0.05) is 42.7 Å². The molecule has 7 nitrogen and oxygen atoms in total. The van der Waals surface area contributed by atoms with Crippen LogP contribution in [-0.4, -0.2) is 43.9 Å². The highest BCUT2D eigenvalue weighted by molar-refractivity contribution is 7.92. The number of benzene rings is 1. The fourth-order valence-electron chi connectivity index (χ4n) is 4.18. The van der Waals surface area contributed by atoms with Crippen molar-refractivity contribution < 1.29 is 27.1 Å². The summed E-state index contributed by atoms with van der Waals surface area (Å²) >= 11 is 0.742. The van der Waals surface area contributed by atoms with Crippen LogP contribution in [0.2, 0.25) is 0 Å². The maximum Gasteiger partial charge on any atom is 0.259 e. The molecule has 1 unspecified atom stereocenters. The summed E-state index contributed by atoms with van der Waals surface area (Å²) in [5, 5.41) is 1.82. The van der Waals surface area contributed by atoms with Gasteiger partial charge in [0.1, 0.15) is 0 Å². The van der Waals surface area contributed by atoms with Gasteiger partial charge in [0, 0.05) is 13.2 Å². The van der Waals surface area contributed by atoms with Gasteiger partial charge in [-0.05, 0) is 43.4 Å². The lowest BCUT2D eigenvalue weighted by molar-refractivity contribution is -0.133. The second-order valence-corrected chi connectivity index (χ2v) is 11.4. The number of carbonyl (C=O) groups is 1. The molecule has 1 amide bonds. The lowest BCUT2D eigenvalue weighted by Gasteiger charge is -2.27. The predicted molar refractivity (Wildman–Crippen MR) is 119 cm³/mol. The molecule has 0 radical (unpaired) electrons. The van der Waals surface area contributed by atoms with E-state index in [9.17, 15) is 17.6 Å². The Kier molecular flexibility index (Phi) is 7.55. The van der Waals surface area contributed by atoms with Crippen LogP contribution in [0.3, 0.4) is 0 Å². The number of amides is 1. The summed E-state index contributed by atoms with van der Waals surface area (Å²) < 4.78 is 50.6. The molecule has 2 heterocycles. The highest BCUT2D eigenvalue weighted by Crippen LogP contribution is 2.30. The molecule has 1 saturated carbocycles. The second kappa shape index (κ2) is 10.4. The van der Waals surface area contributed by atoms with Crippen LogP contribution in [0.25, 0.3) is 0 Å². The van der Waals surface area contributed by atoms with E-state index < -0.39 is 32.2 Å². The third-order valence-corrected chi connectivity index (χ3v) is 8.92. The third kappa shape index (κ3) is 5.54. The van der Waals surface area contributed by atoms with Gasteiger partial charge in [0.2, 0.25) is 0 Å². The second-order valence-electron chi connectivity index (χ2n) is 8.16. The first-order valence-electron chi connectivity index (χ1n) is 10.9. The molecule has 10 heteroatoms. The molecule has 0 bridgehead atoms. The Hall–Kier alpha value is -1.88. The Balaban J connectivity index is 1.54. The zero-order chi connectivity index (χ0) is 22.6. The standard InChI is InChI=1S/C22H27FN2O5S2/c23-19-14-24-22(31-19)25-21(26)20(30-16-4-2-1-3-5-16)15-6-8-17(9-7-15)32(27,28)18-10-12-29-13-11-18/h6-9,14,16,18,20H,1-5,10-13H2,(H,24,25,26). The molecule has 2 aromatic rings. The van der Waals surface area contributed by atoms with Crippen molar-refractivity contribution in [1.29, 1.82) is 0 Å². The monoisotopic (exact) mass is 482 g/mol. The van der Waals surface area contributed by atoms with Crippen molar-refractivity contribution in [1.82, 2.24) is 4.98 Å². The van der Waals surface area contributed by atoms with Crippen LogP contribution >= 0.6 is 11.3 Å². The van der Waals surface area contributed by atoms with E-state index in [4.69, 9.17) is 9.47 Å². The number of nitrogens with one attached hydrogen (secondary N) is 1. The molecular formula is C22H27FN2O5S2. The van der Waals surface area contributed by atoms with Crippen molar-refractivity contribution >= 4 is 32.2 Å². The van der Waals surface area contributed by atoms with E-state index in [-0.39, 0.29) is 16.1 Å². The number of aromatic nitrogens is 1. The Morgan fingerprint density at radius 1 is 1.12 bits per heavy atom. The van der Waals surface area contributed by atoms with Gasteiger partial charge in [-0.3, -0.25) is 10.1 Å². The molecule has 1 aliphatic heterocycles. The van der Waals surface area contributed by atoms with E-state index in [1.54, 1.807) is 12.1 Å². The van der Waals surface area contributed by atoms with Crippen LogP contribution in [0, 0.1) is 5.13 Å². The zero-order valence-electron chi connectivity index (χ0n) is 17.7. The zero-order valence-corrected chi connectivity index (χ0v) is 19.3. The number of halogens is 1. The molecule has 2 aliphatic rings. The molecule has 4 rings (SSSR count). The summed E-state index contributed by atoms with van der Waals surface area (Å²) in [5.74, 6) is -0.454. The molecule has 1 aliphatic carbocycles. The minimum Gasteiger partial charge on any atom is -0.381 e. The van der Waals surface area contributed by atoms with Crippen LogP contribution in [0.15, 0.2) is 35.4 Å². The van der Waals surface area contributed by atoms with Crippen molar-refractivity contribution in [2.75, 3.05) is 18.5 Å². The lowest BCUT2D eigenvalue weighted by Crippen LogP contribution is -2.29. The van der Waals surface area contributed by atoms with E-state index in [2.05, 4.69) is 10.3 Å². The van der Waals surface area contributed by atoms with E-state index in [0.29, 0.717) is 31.6 Å². The van der Waals surface area contributed by atoms with E-state index >= 15 is 0 Å². The average Bonchev–Trinajstić information content (AvgIpc) is 3.23. The molecule has 1 aromatic heterocycles. The molecule has 0 spiro atoms. The number of ether oxygens (including phenoxy) is 2. The Bertz CT molecular complexity index is 1010. The molecule has 1 N–H and O–H groups in total. The van der Waals surface area contributed by atoms with E-state index in [0.717, 1.165) is 49.6 Å². The Labute approximate surface area is 191 Å². The van der Waals surface area contributed by atoms with Gasteiger partial charge in [0.05, 0.1) is 22.4 Å². The first-order valence-corrected chi connectivity index (χ1v) is 13.3. The molecule has 32 heavy (non-hydrogen) atoms. The predicted octanol–water partition coefficient (Wildman–Crippen LogP) is 4.26. The highest BCUT2D eigenvalue weighted by Gasteiger charge is 2.31. The average molecular weight is 483 g/mol. The van der Waals surface area contributed by atoms with Crippen LogP contribution in [0.4, 0.5) is 9.52 Å². The van der Waals surface area contributed by atoms with Gasteiger partial charge in [-0.25, -0.2) is 13.4 Å². The third-order valence-electron chi connectivity index (χ3n) is 5.95. The van der Waals surface area contributed by atoms with Crippen molar-refractivity contribution in [3.05, 3.63) is 41.2 Å². The number of carbonyl (C=O) groups excluding carboxylic acids is 1. The fourth-order valence-corrected chi connectivity index (χ4v) is 6.44. The molecule has 1 atom stereocenters. The summed E-state index contributed by atoms with van der Waals surface area (Å²) in [6, 6.07) is 6.32. The molecule has 174 valence electrons. The first-order chi connectivity index (χ1) is 15.4. The number of anilines is 1. The summed E-state index contributed by atoms with van der Waals surface area (Å²) in [7, 11) is -3.47. The maximum absolute atomic E-state index is 13.3. The molecular weight excluding hydrogens is 455 g/mol. The number of rotatable bonds is 7. The minimum atomic E-state index is -3.47. The number of hydrogen-bond acceptors (Lipinski definition) is 7. The van der Waals surface area contributed by atoms with Crippen LogP contribution in [0.5, 0.6) is 0 Å². The number of nitrogens with zero attached hydrogens (tertiary/aromatic N) is 1. The number of thiazole rings is 1. The number of hydrogen-bond donors (Lipinski definition) is 1. The van der Waals surface area contributed by atoms with Gasteiger partial charge in [-0.2, -0.15) is 4.39 Å². The summed E-state index contributed by atoms with van der Waals surface area (Å²) in [5.41, 5.74) is 0.552. The van der Waals surface area contributed by atoms with Gasteiger partial charge < -0.3 is 9.47 Å². The normalized spacial score (nSPS) is 19.5. The van der Waals surface area contributed by atoms with Crippen molar-refractivity contribution in [2.45, 2.75) is 67.3 Å². The minimum absolute atomic E-state index is 0.0572. The molecule has 2 fully saturated rings. The largest absolute Gasteiger partial charge is 0.381 e. The quantitative estimate of drug-likeness (QED) is 0.634. The fraction of sp³-hybridized carbons (Fsp3) is 0.545. The van der Waals surface area contributed by atoms with Gasteiger partial charge in [0.25, 0.3) is 5.91 Å². The van der Waals surface area contributed by atoms with Gasteiger partial charge >= 0.3 is 0 Å². The first kappa shape index (κ1) is 23.3. The van der Waals surface area contributed by atoms with Gasteiger partial charge in [0.15, 0.2) is 26.2 Å². The Morgan fingerprint density at radius 3 is 2.44 bits per heavy atom. The summed E-state index contributed by atoms with van der Waals surface area (Å²) in [4.78, 5) is 17.1. The van der Waals surface area contributed by atoms with E-state index in [1.807, 2.05) is 0 Å².